The molecule has 1 atom stereocenters. The predicted molar refractivity (Wildman–Crippen MR) is 95.7 cm³/mol. The van der Waals surface area contributed by atoms with Crippen molar-refractivity contribution < 1.29 is 4.39 Å². The van der Waals surface area contributed by atoms with Gasteiger partial charge in [-0.25, -0.2) is 9.37 Å². The molecule has 0 saturated heterocycles. The first-order valence-electron chi connectivity index (χ1n) is 6.25. The molecule has 0 aliphatic rings. The van der Waals surface area contributed by atoms with Crippen molar-refractivity contribution in [3.8, 4) is 5.69 Å². The first-order valence-corrected chi connectivity index (χ1v) is 8.55. The predicted octanol–water partition coefficient (Wildman–Crippen LogP) is 5.83. The number of fused-ring (bicyclic) bond motifs is 1. The maximum Gasteiger partial charge on any atom is 0.147 e. The molecule has 6 heteroatoms. The second kappa shape index (κ2) is 5.85. The third-order valence-electron chi connectivity index (χ3n) is 3.15. The van der Waals surface area contributed by atoms with E-state index in [1.54, 1.807) is 16.7 Å². The summed E-state index contributed by atoms with van der Waals surface area (Å²) in [5, 5.41) is -0.326. The van der Waals surface area contributed by atoms with Crippen molar-refractivity contribution in [2.24, 2.45) is 0 Å². The number of halogens is 4. The Bertz CT molecular complexity index is 832. The molecule has 3 aromatic rings. The molecule has 1 unspecified atom stereocenters. The summed E-state index contributed by atoms with van der Waals surface area (Å²) in [6.07, 6.45) is 0. The Morgan fingerprint density at radius 3 is 2.76 bits per heavy atom. The molecule has 1 aromatic heterocycles. The van der Waals surface area contributed by atoms with Gasteiger partial charge in [-0.3, -0.25) is 4.57 Å². The van der Waals surface area contributed by atoms with Crippen molar-refractivity contribution in [2.75, 3.05) is 0 Å². The maximum absolute atomic E-state index is 14.3. The largest absolute Gasteiger partial charge is 0.292 e. The third kappa shape index (κ3) is 2.83. The zero-order valence-corrected chi connectivity index (χ0v) is 15.4. The average Bonchev–Trinajstić information content (AvgIpc) is 2.80. The van der Waals surface area contributed by atoms with E-state index in [4.69, 9.17) is 11.6 Å². The lowest BCUT2D eigenvalue weighted by atomic mass is 10.2. The van der Waals surface area contributed by atoms with Gasteiger partial charge in [0, 0.05) is 8.04 Å². The zero-order valence-electron chi connectivity index (χ0n) is 10.9. The topological polar surface area (TPSA) is 17.8 Å². The van der Waals surface area contributed by atoms with E-state index in [2.05, 4.69) is 43.5 Å². The van der Waals surface area contributed by atoms with Gasteiger partial charge < -0.3 is 0 Å². The van der Waals surface area contributed by atoms with Crippen molar-refractivity contribution in [1.82, 2.24) is 9.55 Å². The van der Waals surface area contributed by atoms with Crippen LogP contribution in [0.25, 0.3) is 16.7 Å². The van der Waals surface area contributed by atoms with Crippen molar-refractivity contribution in [3.63, 3.8) is 0 Å². The Balaban J connectivity index is 2.39. The summed E-state index contributed by atoms with van der Waals surface area (Å²) in [5.41, 5.74) is 2.09. The van der Waals surface area contributed by atoms with Crippen LogP contribution in [-0.4, -0.2) is 9.55 Å². The van der Waals surface area contributed by atoms with E-state index in [1.807, 2.05) is 25.1 Å². The molecule has 0 radical (unpaired) electrons. The summed E-state index contributed by atoms with van der Waals surface area (Å²) < 4.78 is 17.9. The summed E-state index contributed by atoms with van der Waals surface area (Å²) in [6.45, 7) is 1.83. The second-order valence-electron chi connectivity index (χ2n) is 4.65. The highest BCUT2D eigenvalue weighted by Crippen LogP contribution is 2.31. The SMILES string of the molecule is CC(Cl)c1nc2cc(I)ccc2n1-c1cc(Br)ccc1F. The minimum absolute atomic E-state index is 0.311. The number of benzene rings is 2. The molecule has 0 N–H and O–H groups in total. The summed E-state index contributed by atoms with van der Waals surface area (Å²) in [7, 11) is 0. The normalized spacial score (nSPS) is 12.8. The van der Waals surface area contributed by atoms with Crippen LogP contribution >= 0.6 is 50.1 Å². The van der Waals surface area contributed by atoms with Gasteiger partial charge in [-0.15, -0.1) is 11.6 Å². The van der Waals surface area contributed by atoms with Gasteiger partial charge in [0.25, 0.3) is 0 Å². The summed E-state index contributed by atoms with van der Waals surface area (Å²) in [4.78, 5) is 4.56. The Hall–Kier alpha value is -0.660. The van der Waals surface area contributed by atoms with E-state index in [0.29, 0.717) is 11.5 Å². The summed E-state index contributed by atoms with van der Waals surface area (Å²) >= 11 is 11.9. The van der Waals surface area contributed by atoms with E-state index in [9.17, 15) is 4.39 Å². The van der Waals surface area contributed by atoms with Crippen LogP contribution in [0, 0.1) is 9.39 Å². The molecule has 2 nitrogen and oxygen atoms in total. The summed E-state index contributed by atoms with van der Waals surface area (Å²) in [6, 6.07) is 10.7. The van der Waals surface area contributed by atoms with E-state index >= 15 is 0 Å². The maximum atomic E-state index is 14.3. The van der Waals surface area contributed by atoms with E-state index in [1.165, 1.54) is 6.07 Å². The lowest BCUT2D eigenvalue weighted by Crippen LogP contribution is -2.04. The molecule has 0 fully saturated rings. The highest BCUT2D eigenvalue weighted by Gasteiger charge is 2.19. The lowest BCUT2D eigenvalue weighted by molar-refractivity contribution is 0.616. The molecule has 0 spiro atoms. The molecule has 21 heavy (non-hydrogen) atoms. The van der Waals surface area contributed by atoms with Gasteiger partial charge in [-0.1, -0.05) is 15.9 Å². The number of aromatic nitrogens is 2. The van der Waals surface area contributed by atoms with Gasteiger partial charge in [0.15, 0.2) is 0 Å². The molecule has 1 heterocycles. The Morgan fingerprint density at radius 2 is 2.05 bits per heavy atom. The Labute approximate surface area is 148 Å². The van der Waals surface area contributed by atoms with Crippen LogP contribution in [0.2, 0.25) is 0 Å². The van der Waals surface area contributed by atoms with Crippen LogP contribution in [0.5, 0.6) is 0 Å². The third-order valence-corrected chi connectivity index (χ3v) is 4.51. The molecular weight excluding hydrogens is 469 g/mol. The highest BCUT2D eigenvalue weighted by molar-refractivity contribution is 14.1. The van der Waals surface area contributed by atoms with Crippen molar-refractivity contribution in [3.05, 3.63) is 56.1 Å². The standard InChI is InChI=1S/C15H10BrClFIN2/c1-8(17)15-20-12-7-10(19)3-5-13(12)21(15)14-6-9(16)2-4-11(14)18/h2-8H,1H3. The average molecular weight is 480 g/mol. The molecule has 0 bridgehead atoms. The molecule has 108 valence electrons. The Morgan fingerprint density at radius 1 is 1.29 bits per heavy atom. The quantitative estimate of drug-likeness (QED) is 0.334. The van der Waals surface area contributed by atoms with Crippen LogP contribution in [0.15, 0.2) is 40.9 Å². The van der Waals surface area contributed by atoms with Crippen LogP contribution in [0.3, 0.4) is 0 Å². The fourth-order valence-corrected chi connectivity index (χ4v) is 3.22. The molecule has 0 aliphatic carbocycles. The van der Waals surface area contributed by atoms with Gasteiger partial charge in [0.2, 0.25) is 0 Å². The number of imidazole rings is 1. The second-order valence-corrected chi connectivity index (χ2v) is 7.47. The van der Waals surface area contributed by atoms with Gasteiger partial charge in [0.1, 0.15) is 11.6 Å². The van der Waals surface area contributed by atoms with Crippen LogP contribution in [-0.2, 0) is 0 Å². The molecular formula is C15H10BrClFIN2. The number of hydrogen-bond acceptors (Lipinski definition) is 1. The van der Waals surface area contributed by atoms with E-state index in [-0.39, 0.29) is 11.2 Å². The number of rotatable bonds is 2. The lowest BCUT2D eigenvalue weighted by Gasteiger charge is -2.12. The van der Waals surface area contributed by atoms with Crippen LogP contribution in [0.4, 0.5) is 4.39 Å². The molecule has 3 rings (SSSR count). The number of hydrogen-bond donors (Lipinski definition) is 0. The minimum Gasteiger partial charge on any atom is -0.292 e. The van der Waals surface area contributed by atoms with Crippen LogP contribution < -0.4 is 0 Å². The minimum atomic E-state index is -0.326. The smallest absolute Gasteiger partial charge is 0.147 e. The van der Waals surface area contributed by atoms with Gasteiger partial charge in [-0.05, 0) is 65.9 Å². The van der Waals surface area contributed by atoms with Crippen molar-refractivity contribution in [2.45, 2.75) is 12.3 Å². The van der Waals surface area contributed by atoms with Gasteiger partial charge >= 0.3 is 0 Å². The first-order chi connectivity index (χ1) is 9.97. The zero-order chi connectivity index (χ0) is 15.1. The van der Waals surface area contributed by atoms with E-state index < -0.39 is 0 Å². The molecule has 0 amide bonds. The van der Waals surface area contributed by atoms with Crippen molar-refractivity contribution >= 4 is 61.2 Å². The van der Waals surface area contributed by atoms with Gasteiger partial charge in [-0.2, -0.15) is 0 Å². The van der Waals surface area contributed by atoms with Gasteiger partial charge in [0.05, 0.1) is 22.1 Å². The summed E-state index contributed by atoms with van der Waals surface area (Å²) in [5.74, 6) is 0.320. The van der Waals surface area contributed by atoms with Crippen LogP contribution in [0.1, 0.15) is 18.1 Å². The monoisotopic (exact) mass is 478 g/mol. The van der Waals surface area contributed by atoms with Crippen molar-refractivity contribution in [1.29, 1.82) is 0 Å². The number of nitrogens with zero attached hydrogens (tertiary/aromatic N) is 2. The molecule has 0 aliphatic heterocycles. The fourth-order valence-electron chi connectivity index (χ4n) is 2.25. The first kappa shape index (κ1) is 15.2. The van der Waals surface area contributed by atoms with E-state index in [0.717, 1.165) is 19.1 Å². The number of alkyl halides is 1. The molecule has 0 saturated carbocycles. The Kier molecular flexibility index (Phi) is 4.25. The highest BCUT2D eigenvalue weighted by atomic mass is 127. The fraction of sp³-hybridized carbons (Fsp3) is 0.133. The molecule has 2 aromatic carbocycles.